The van der Waals surface area contributed by atoms with Crippen molar-refractivity contribution in [3.05, 3.63) is 51.9 Å². The van der Waals surface area contributed by atoms with Crippen LogP contribution in [0.3, 0.4) is 0 Å². The van der Waals surface area contributed by atoms with E-state index in [9.17, 15) is 9.90 Å². The smallest absolute Gasteiger partial charge is 0.222 e. The molecule has 6 heteroatoms. The van der Waals surface area contributed by atoms with Crippen LogP contribution in [0.4, 0.5) is 5.82 Å². The van der Waals surface area contributed by atoms with Gasteiger partial charge in [0.05, 0.1) is 0 Å². The van der Waals surface area contributed by atoms with Gasteiger partial charge in [0.25, 0.3) is 0 Å². The number of aliphatic hydroxyl groups is 1. The number of nitrogens with zero attached hydrogens (tertiary/aromatic N) is 2. The Morgan fingerprint density at radius 1 is 1.39 bits per heavy atom. The van der Waals surface area contributed by atoms with Gasteiger partial charge in [0.15, 0.2) is 0 Å². The molecule has 3 aliphatic rings. The van der Waals surface area contributed by atoms with Crippen molar-refractivity contribution < 1.29 is 9.90 Å². The highest BCUT2D eigenvalue weighted by molar-refractivity contribution is 7.08. The first-order valence-electron chi connectivity index (χ1n) is 10.1. The fourth-order valence-electron chi connectivity index (χ4n) is 4.72. The van der Waals surface area contributed by atoms with E-state index in [0.29, 0.717) is 24.7 Å². The minimum absolute atomic E-state index is 0.256. The Hall–Kier alpha value is -2.18. The number of rotatable bonds is 4. The second-order valence-electron chi connectivity index (χ2n) is 8.18. The number of hydrogen-bond donors (Lipinski definition) is 2. The van der Waals surface area contributed by atoms with Crippen LogP contribution in [0.25, 0.3) is 5.57 Å². The summed E-state index contributed by atoms with van der Waals surface area (Å²) >= 11 is 1.75. The molecule has 0 aromatic carbocycles. The lowest BCUT2D eigenvalue weighted by atomic mass is 9.99. The third-order valence-electron chi connectivity index (χ3n) is 6.27. The summed E-state index contributed by atoms with van der Waals surface area (Å²) in [7, 11) is 0. The van der Waals surface area contributed by atoms with Crippen molar-refractivity contribution in [1.29, 1.82) is 0 Å². The lowest BCUT2D eigenvalue weighted by molar-refractivity contribution is -0.130. The number of allylic oxidation sites excluding steroid dienone is 1. The zero-order valence-corrected chi connectivity index (χ0v) is 16.6. The Balaban J connectivity index is 1.17. The molecule has 146 valence electrons. The van der Waals surface area contributed by atoms with E-state index in [1.807, 2.05) is 6.20 Å². The van der Waals surface area contributed by atoms with Crippen LogP contribution in [0.15, 0.2) is 35.2 Å². The number of thiophene rings is 1. The second kappa shape index (κ2) is 7.33. The summed E-state index contributed by atoms with van der Waals surface area (Å²) in [6.07, 6.45) is 7.61. The number of aryl methyl sites for hydroxylation is 2. The number of amides is 1. The van der Waals surface area contributed by atoms with E-state index in [0.717, 1.165) is 49.3 Å². The lowest BCUT2D eigenvalue weighted by Crippen LogP contribution is -2.29. The van der Waals surface area contributed by atoms with Crippen molar-refractivity contribution >= 4 is 28.6 Å². The van der Waals surface area contributed by atoms with Crippen molar-refractivity contribution in [3.63, 3.8) is 0 Å². The maximum atomic E-state index is 12.7. The number of nitrogens with one attached hydrogen (secondary N) is 1. The molecule has 2 N–H and O–H groups in total. The maximum Gasteiger partial charge on any atom is 0.222 e. The summed E-state index contributed by atoms with van der Waals surface area (Å²) in [5.74, 6) is 2.13. The lowest BCUT2D eigenvalue weighted by Gasteiger charge is -2.22. The molecular formula is C22H25N3O2S. The van der Waals surface area contributed by atoms with Crippen molar-refractivity contribution in [2.75, 3.05) is 18.4 Å². The van der Waals surface area contributed by atoms with E-state index in [4.69, 9.17) is 0 Å². The van der Waals surface area contributed by atoms with Crippen LogP contribution in [0.2, 0.25) is 0 Å². The number of fused-ring (bicyclic) bond motifs is 2. The van der Waals surface area contributed by atoms with Crippen molar-refractivity contribution in [3.8, 4) is 0 Å². The average molecular weight is 396 g/mol. The summed E-state index contributed by atoms with van der Waals surface area (Å²) in [5, 5.41) is 17.0. The van der Waals surface area contributed by atoms with Crippen molar-refractivity contribution in [2.24, 2.45) is 11.8 Å². The zero-order valence-electron chi connectivity index (χ0n) is 15.8. The normalized spacial score (nSPS) is 25.8. The summed E-state index contributed by atoms with van der Waals surface area (Å²) in [4.78, 5) is 19.2. The Kier molecular flexibility index (Phi) is 4.69. The molecular weight excluding hydrogens is 370 g/mol. The van der Waals surface area contributed by atoms with E-state index < -0.39 is 6.23 Å². The molecule has 1 saturated heterocycles. The summed E-state index contributed by atoms with van der Waals surface area (Å²) in [6, 6.07) is 4.33. The van der Waals surface area contributed by atoms with Crippen molar-refractivity contribution in [2.45, 2.75) is 38.3 Å². The summed E-state index contributed by atoms with van der Waals surface area (Å²) in [6.45, 7) is 1.75. The van der Waals surface area contributed by atoms with E-state index in [1.54, 1.807) is 11.3 Å². The van der Waals surface area contributed by atoms with Crippen LogP contribution in [-0.4, -0.2) is 40.2 Å². The molecule has 2 aliphatic heterocycles. The summed E-state index contributed by atoms with van der Waals surface area (Å²) in [5.41, 5.74) is 5.06. The van der Waals surface area contributed by atoms with Gasteiger partial charge in [-0.25, -0.2) is 4.98 Å². The molecule has 0 saturated carbocycles. The van der Waals surface area contributed by atoms with Gasteiger partial charge in [-0.05, 0) is 76.6 Å². The second-order valence-corrected chi connectivity index (χ2v) is 8.96. The highest BCUT2D eigenvalue weighted by Gasteiger charge is 2.38. The summed E-state index contributed by atoms with van der Waals surface area (Å²) < 4.78 is 0. The van der Waals surface area contributed by atoms with Gasteiger partial charge in [0.2, 0.25) is 5.91 Å². The SMILES string of the molecule is O=C(CCc1cnc2c(c1)CCC(O)N2)N1CC2C=C(c3ccsc3)CC2C1. The molecule has 5 nitrogen and oxygen atoms in total. The van der Waals surface area contributed by atoms with Crippen molar-refractivity contribution in [1.82, 2.24) is 9.88 Å². The Morgan fingerprint density at radius 2 is 2.32 bits per heavy atom. The highest BCUT2D eigenvalue weighted by atomic mass is 32.1. The number of likely N-dealkylation sites (tertiary alicyclic amines) is 1. The number of hydrogen-bond acceptors (Lipinski definition) is 5. The minimum Gasteiger partial charge on any atom is -0.374 e. The Labute approximate surface area is 169 Å². The largest absolute Gasteiger partial charge is 0.374 e. The van der Waals surface area contributed by atoms with Crippen LogP contribution < -0.4 is 5.32 Å². The monoisotopic (exact) mass is 395 g/mol. The molecule has 0 radical (unpaired) electrons. The van der Waals surface area contributed by atoms with E-state index in [-0.39, 0.29) is 5.91 Å². The predicted octanol–water partition coefficient (Wildman–Crippen LogP) is 3.31. The van der Waals surface area contributed by atoms with Gasteiger partial charge in [0.1, 0.15) is 12.0 Å². The molecule has 4 heterocycles. The standard InChI is InChI=1S/C22H25N3O2S/c26-20-3-2-15-7-14(10-23-22(15)24-20)1-4-21(27)25-11-18-8-17(9-19(18)12-25)16-5-6-28-13-16/h5-8,10,13,18-20,26H,1-4,9,11-12H2,(H,23,24). The van der Waals surface area contributed by atoms with Gasteiger partial charge < -0.3 is 15.3 Å². The molecule has 2 aromatic rings. The first-order chi connectivity index (χ1) is 13.7. The van der Waals surface area contributed by atoms with Crippen LogP contribution >= 0.6 is 11.3 Å². The highest BCUT2D eigenvalue weighted by Crippen LogP contribution is 2.41. The third-order valence-corrected chi connectivity index (χ3v) is 6.96. The molecule has 2 aromatic heterocycles. The first-order valence-corrected chi connectivity index (χ1v) is 11.0. The van der Waals surface area contributed by atoms with Gasteiger partial charge in [-0.3, -0.25) is 4.79 Å². The third kappa shape index (κ3) is 3.47. The minimum atomic E-state index is -0.503. The average Bonchev–Trinajstić information content (AvgIpc) is 3.41. The van der Waals surface area contributed by atoms with E-state index >= 15 is 0 Å². The fraction of sp³-hybridized carbons (Fsp3) is 0.455. The first kappa shape index (κ1) is 17.9. The van der Waals surface area contributed by atoms with Gasteiger partial charge in [-0.15, -0.1) is 0 Å². The van der Waals surface area contributed by atoms with E-state index in [2.05, 4.69) is 44.2 Å². The number of carbonyl (C=O) groups is 1. The van der Waals surface area contributed by atoms with Gasteiger partial charge >= 0.3 is 0 Å². The van der Waals surface area contributed by atoms with E-state index in [1.165, 1.54) is 11.1 Å². The molecule has 28 heavy (non-hydrogen) atoms. The zero-order chi connectivity index (χ0) is 19.1. The molecule has 1 amide bonds. The predicted molar refractivity (Wildman–Crippen MR) is 111 cm³/mol. The Morgan fingerprint density at radius 3 is 3.14 bits per heavy atom. The van der Waals surface area contributed by atoms with Gasteiger partial charge in [-0.1, -0.05) is 12.1 Å². The molecule has 0 spiro atoms. The number of aromatic nitrogens is 1. The Bertz CT molecular complexity index is 909. The number of anilines is 1. The quantitative estimate of drug-likeness (QED) is 0.834. The molecule has 3 atom stereocenters. The number of pyridine rings is 1. The fourth-order valence-corrected chi connectivity index (χ4v) is 5.40. The topological polar surface area (TPSA) is 65.5 Å². The molecule has 1 aliphatic carbocycles. The molecule has 5 rings (SSSR count). The number of aliphatic hydroxyl groups excluding tert-OH is 1. The van der Waals surface area contributed by atoms with Crippen LogP contribution in [0.1, 0.15) is 36.0 Å². The van der Waals surface area contributed by atoms with Crippen LogP contribution in [-0.2, 0) is 17.6 Å². The molecule has 3 unspecified atom stereocenters. The van der Waals surface area contributed by atoms with Gasteiger partial charge in [0, 0.05) is 25.7 Å². The molecule has 1 fully saturated rings. The van der Waals surface area contributed by atoms with Crippen LogP contribution in [0, 0.1) is 11.8 Å². The maximum absolute atomic E-state index is 12.7. The number of carbonyl (C=O) groups excluding carboxylic acids is 1. The van der Waals surface area contributed by atoms with Crippen LogP contribution in [0.5, 0.6) is 0 Å². The molecule has 0 bridgehead atoms. The van der Waals surface area contributed by atoms with Gasteiger partial charge in [-0.2, -0.15) is 11.3 Å².